The predicted octanol–water partition coefficient (Wildman–Crippen LogP) is 3.58. The molecule has 0 saturated heterocycles. The Bertz CT molecular complexity index is 758. The molecule has 26 heavy (non-hydrogen) atoms. The number of nitrogens with one attached hydrogen (secondary N) is 2. The molecule has 1 fully saturated rings. The van der Waals surface area contributed by atoms with Crippen LogP contribution < -0.4 is 10.6 Å². The second-order valence-electron chi connectivity index (χ2n) is 7.29. The van der Waals surface area contributed by atoms with E-state index in [1.165, 1.54) is 19.3 Å². The monoisotopic (exact) mass is 352 g/mol. The number of amides is 2. The maximum Gasteiger partial charge on any atom is 0.239 e. The first-order valence-corrected chi connectivity index (χ1v) is 9.68. The Hall–Kier alpha value is -2.36. The van der Waals surface area contributed by atoms with Crippen molar-refractivity contribution in [2.75, 3.05) is 6.54 Å². The molecular weight excluding hydrogens is 324 g/mol. The molecule has 3 rings (SSSR count). The molecular formula is C22H28N2O2. The third-order valence-electron chi connectivity index (χ3n) is 5.47. The summed E-state index contributed by atoms with van der Waals surface area (Å²) < 4.78 is 0. The minimum absolute atomic E-state index is 0.0529. The molecule has 1 aliphatic carbocycles. The van der Waals surface area contributed by atoms with E-state index in [1.807, 2.05) is 42.5 Å². The zero-order chi connectivity index (χ0) is 18.4. The van der Waals surface area contributed by atoms with Crippen molar-refractivity contribution >= 4 is 22.6 Å². The van der Waals surface area contributed by atoms with Gasteiger partial charge in [0.25, 0.3) is 0 Å². The van der Waals surface area contributed by atoms with E-state index in [9.17, 15) is 9.59 Å². The number of fused-ring (bicyclic) bond motifs is 1. The van der Waals surface area contributed by atoms with E-state index in [2.05, 4.69) is 17.6 Å². The Morgan fingerprint density at radius 1 is 0.962 bits per heavy atom. The summed E-state index contributed by atoms with van der Waals surface area (Å²) in [5, 5.41) is 8.02. The molecule has 0 radical (unpaired) electrons. The van der Waals surface area contributed by atoms with Crippen LogP contribution in [0, 0.1) is 5.92 Å². The van der Waals surface area contributed by atoms with Gasteiger partial charge < -0.3 is 10.6 Å². The van der Waals surface area contributed by atoms with Gasteiger partial charge >= 0.3 is 0 Å². The van der Waals surface area contributed by atoms with Gasteiger partial charge in [0.2, 0.25) is 11.8 Å². The van der Waals surface area contributed by atoms with Crippen LogP contribution in [0.2, 0.25) is 0 Å². The average Bonchev–Trinajstić information content (AvgIpc) is 2.67. The molecule has 2 aromatic carbocycles. The molecule has 1 saturated carbocycles. The minimum atomic E-state index is -0.119. The van der Waals surface area contributed by atoms with Crippen LogP contribution in [-0.4, -0.2) is 24.4 Å². The fourth-order valence-electron chi connectivity index (χ4n) is 3.85. The van der Waals surface area contributed by atoms with Crippen LogP contribution in [0.3, 0.4) is 0 Å². The standard InChI is InChI=1S/C22H28N2O2/c1-2-16-10-12-19(13-11-16)24-22(26)15-23-21(25)14-18-8-5-7-17-6-3-4-9-20(17)18/h3-9,16,19H,2,10-15H2,1H3,(H,23,25)(H,24,26). The van der Waals surface area contributed by atoms with Gasteiger partial charge in [-0.1, -0.05) is 55.8 Å². The molecule has 138 valence electrons. The molecule has 0 aromatic heterocycles. The van der Waals surface area contributed by atoms with Gasteiger partial charge in [-0.15, -0.1) is 0 Å². The van der Waals surface area contributed by atoms with E-state index in [0.29, 0.717) is 0 Å². The van der Waals surface area contributed by atoms with Gasteiger partial charge in [0.15, 0.2) is 0 Å². The van der Waals surface area contributed by atoms with E-state index in [1.54, 1.807) is 0 Å². The Labute approximate surface area is 155 Å². The lowest BCUT2D eigenvalue weighted by Crippen LogP contribution is -2.43. The summed E-state index contributed by atoms with van der Waals surface area (Å²) in [6.45, 7) is 2.28. The van der Waals surface area contributed by atoms with Gasteiger partial charge in [0.1, 0.15) is 0 Å². The molecule has 0 unspecified atom stereocenters. The van der Waals surface area contributed by atoms with Crippen molar-refractivity contribution in [2.45, 2.75) is 51.5 Å². The molecule has 4 nitrogen and oxygen atoms in total. The smallest absolute Gasteiger partial charge is 0.239 e. The predicted molar refractivity (Wildman–Crippen MR) is 105 cm³/mol. The minimum Gasteiger partial charge on any atom is -0.352 e. The molecule has 0 spiro atoms. The molecule has 0 heterocycles. The van der Waals surface area contributed by atoms with E-state index < -0.39 is 0 Å². The van der Waals surface area contributed by atoms with E-state index >= 15 is 0 Å². The highest BCUT2D eigenvalue weighted by Gasteiger charge is 2.21. The number of rotatable bonds is 6. The van der Waals surface area contributed by atoms with E-state index in [4.69, 9.17) is 0 Å². The van der Waals surface area contributed by atoms with Crippen molar-refractivity contribution in [1.29, 1.82) is 0 Å². The van der Waals surface area contributed by atoms with E-state index in [-0.39, 0.29) is 30.8 Å². The van der Waals surface area contributed by atoms with Crippen LogP contribution in [0.5, 0.6) is 0 Å². The van der Waals surface area contributed by atoms with Crippen molar-refractivity contribution in [2.24, 2.45) is 5.92 Å². The normalized spacial score (nSPS) is 19.9. The first-order chi connectivity index (χ1) is 12.7. The number of carbonyl (C=O) groups excluding carboxylic acids is 2. The van der Waals surface area contributed by atoms with Crippen molar-refractivity contribution in [3.05, 3.63) is 48.0 Å². The van der Waals surface area contributed by atoms with Gasteiger partial charge in [0.05, 0.1) is 13.0 Å². The van der Waals surface area contributed by atoms with Gasteiger partial charge in [0, 0.05) is 6.04 Å². The van der Waals surface area contributed by atoms with Gasteiger partial charge in [-0.3, -0.25) is 9.59 Å². The van der Waals surface area contributed by atoms with Crippen molar-refractivity contribution in [3.8, 4) is 0 Å². The van der Waals surface area contributed by atoms with Crippen LogP contribution in [0.25, 0.3) is 10.8 Å². The lowest BCUT2D eigenvalue weighted by molar-refractivity contribution is -0.126. The van der Waals surface area contributed by atoms with E-state index in [0.717, 1.165) is 35.1 Å². The van der Waals surface area contributed by atoms with Crippen LogP contribution >= 0.6 is 0 Å². The number of carbonyl (C=O) groups is 2. The summed E-state index contributed by atoms with van der Waals surface area (Å²) in [6, 6.07) is 14.3. The van der Waals surface area contributed by atoms with Crippen molar-refractivity contribution in [3.63, 3.8) is 0 Å². The van der Waals surface area contributed by atoms with Crippen molar-refractivity contribution in [1.82, 2.24) is 10.6 Å². The maximum absolute atomic E-state index is 12.2. The molecule has 0 bridgehead atoms. The van der Waals surface area contributed by atoms with Crippen LogP contribution in [0.15, 0.2) is 42.5 Å². The molecule has 2 aromatic rings. The number of hydrogen-bond acceptors (Lipinski definition) is 2. The summed E-state index contributed by atoms with van der Waals surface area (Å²) in [6.07, 6.45) is 5.99. The SMILES string of the molecule is CCC1CCC(NC(=O)CNC(=O)Cc2cccc3ccccc23)CC1. The van der Waals surface area contributed by atoms with Gasteiger partial charge in [-0.25, -0.2) is 0 Å². The lowest BCUT2D eigenvalue weighted by Gasteiger charge is -2.28. The second-order valence-corrected chi connectivity index (χ2v) is 7.29. The fraction of sp³-hybridized carbons (Fsp3) is 0.455. The van der Waals surface area contributed by atoms with Crippen molar-refractivity contribution < 1.29 is 9.59 Å². The third kappa shape index (κ3) is 4.84. The molecule has 2 amide bonds. The number of hydrogen-bond donors (Lipinski definition) is 2. The molecule has 0 atom stereocenters. The highest BCUT2D eigenvalue weighted by Crippen LogP contribution is 2.26. The topological polar surface area (TPSA) is 58.2 Å². The first-order valence-electron chi connectivity index (χ1n) is 9.68. The summed E-state index contributed by atoms with van der Waals surface area (Å²) in [4.78, 5) is 24.3. The largest absolute Gasteiger partial charge is 0.352 e. The summed E-state index contributed by atoms with van der Waals surface area (Å²) in [5.41, 5.74) is 0.985. The zero-order valence-electron chi connectivity index (χ0n) is 15.5. The summed E-state index contributed by atoms with van der Waals surface area (Å²) >= 11 is 0. The Balaban J connectivity index is 1.46. The van der Waals surface area contributed by atoms with Crippen LogP contribution in [-0.2, 0) is 16.0 Å². The molecule has 2 N–H and O–H groups in total. The van der Waals surface area contributed by atoms with Gasteiger partial charge in [-0.2, -0.15) is 0 Å². The zero-order valence-corrected chi connectivity index (χ0v) is 15.5. The average molecular weight is 352 g/mol. The van der Waals surface area contributed by atoms with Gasteiger partial charge in [-0.05, 0) is 47.9 Å². The summed E-state index contributed by atoms with van der Waals surface area (Å²) in [7, 11) is 0. The fourth-order valence-corrected chi connectivity index (χ4v) is 3.85. The Morgan fingerprint density at radius 3 is 2.46 bits per heavy atom. The second kappa shape index (κ2) is 8.84. The van der Waals surface area contributed by atoms with Crippen LogP contribution in [0.4, 0.5) is 0 Å². The quantitative estimate of drug-likeness (QED) is 0.835. The Kier molecular flexibility index (Phi) is 6.26. The molecule has 0 aliphatic heterocycles. The summed E-state index contributed by atoms with van der Waals surface area (Å²) in [5.74, 6) is 0.603. The number of benzene rings is 2. The highest BCUT2D eigenvalue weighted by molar-refractivity contribution is 5.91. The first kappa shape index (κ1) is 18.4. The molecule has 4 heteroatoms. The lowest BCUT2D eigenvalue weighted by atomic mass is 9.84. The maximum atomic E-state index is 12.2. The molecule has 1 aliphatic rings. The third-order valence-corrected chi connectivity index (χ3v) is 5.47. The Morgan fingerprint density at radius 2 is 1.69 bits per heavy atom. The van der Waals surface area contributed by atoms with Crippen LogP contribution in [0.1, 0.15) is 44.6 Å². The highest BCUT2D eigenvalue weighted by atomic mass is 16.2.